The van der Waals surface area contributed by atoms with Gasteiger partial charge in [-0.15, -0.1) is 0 Å². The lowest BCUT2D eigenvalue weighted by atomic mass is 9.66. The number of ether oxygens (including phenoxy) is 5. The van der Waals surface area contributed by atoms with E-state index in [-0.39, 0.29) is 30.1 Å². The van der Waals surface area contributed by atoms with Crippen molar-refractivity contribution in [3.05, 3.63) is 41.0 Å². The third-order valence-electron chi connectivity index (χ3n) is 6.55. The van der Waals surface area contributed by atoms with Gasteiger partial charge in [0.2, 0.25) is 12.5 Å². The Hall–Kier alpha value is -2.65. The van der Waals surface area contributed by atoms with Crippen LogP contribution in [0.1, 0.15) is 28.7 Å². The molecule has 3 aliphatic rings. The highest BCUT2D eigenvalue weighted by Gasteiger charge is 2.51. The zero-order valence-electron chi connectivity index (χ0n) is 17.5. The molecular weight excluding hydrogens is 424 g/mol. The maximum atomic E-state index is 12.6. The van der Waals surface area contributed by atoms with E-state index in [1.165, 1.54) is 7.11 Å². The molecule has 0 spiro atoms. The van der Waals surface area contributed by atoms with E-state index in [0.717, 1.165) is 11.1 Å². The molecule has 5 rings (SSSR count). The zero-order chi connectivity index (χ0) is 21.9. The van der Waals surface area contributed by atoms with Crippen LogP contribution in [0.3, 0.4) is 0 Å². The lowest BCUT2D eigenvalue weighted by molar-refractivity contribution is 0.0774. The molecule has 1 aliphatic carbocycles. The summed E-state index contributed by atoms with van der Waals surface area (Å²) in [7, 11) is 1.33. The van der Waals surface area contributed by atoms with Gasteiger partial charge in [-0.05, 0) is 46.9 Å². The topological polar surface area (TPSA) is 101 Å². The Morgan fingerprint density at radius 3 is 2.03 bits per heavy atom. The van der Waals surface area contributed by atoms with Gasteiger partial charge < -0.3 is 28.8 Å². The summed E-state index contributed by atoms with van der Waals surface area (Å²) in [5.41, 5.74) is 2.32. The first-order valence-corrected chi connectivity index (χ1v) is 11.8. The van der Waals surface area contributed by atoms with Crippen molar-refractivity contribution < 1.29 is 37.2 Å². The molecule has 166 valence electrons. The van der Waals surface area contributed by atoms with Gasteiger partial charge in [0.15, 0.2) is 32.8 Å². The van der Waals surface area contributed by atoms with Crippen LogP contribution in [0, 0.1) is 11.8 Å². The maximum absolute atomic E-state index is 12.6. The normalized spacial score (nSPS) is 27.4. The van der Waals surface area contributed by atoms with Gasteiger partial charge in [0.25, 0.3) is 0 Å². The second kappa shape index (κ2) is 7.20. The molecule has 2 aromatic rings. The number of hydrogen-bond acceptors (Lipinski definition) is 8. The van der Waals surface area contributed by atoms with Crippen molar-refractivity contribution in [1.29, 1.82) is 0 Å². The third-order valence-corrected chi connectivity index (χ3v) is 8.34. The van der Waals surface area contributed by atoms with E-state index in [9.17, 15) is 13.5 Å². The first kappa shape index (κ1) is 20.3. The average molecular weight is 448 g/mol. The maximum Gasteiger partial charge on any atom is 0.231 e. The van der Waals surface area contributed by atoms with Gasteiger partial charge in [0.05, 0.1) is 38.9 Å². The minimum absolute atomic E-state index is 0.00390. The Bertz CT molecular complexity index is 1120. The standard InChI is InChI=1S/C22H24O8S/c1-26-18-4-11(5-19(27-2)22(18)28-3)20-12-6-16-17(30-10-29-16)7-13(12)21(23)15-9-31(24,25)8-14(15)20/h4-7,14-15,20-21,23H,8-10H2,1-3H3/t14-,15-,20+,21-/m0/s1. The van der Waals surface area contributed by atoms with E-state index >= 15 is 0 Å². The van der Waals surface area contributed by atoms with E-state index in [4.69, 9.17) is 23.7 Å². The number of rotatable bonds is 4. The summed E-state index contributed by atoms with van der Waals surface area (Å²) in [4.78, 5) is 0. The molecule has 8 nitrogen and oxygen atoms in total. The van der Waals surface area contributed by atoms with Crippen LogP contribution in [-0.4, -0.2) is 53.2 Å². The molecule has 1 N–H and O–H groups in total. The number of benzene rings is 2. The predicted octanol–water partition coefficient (Wildman–Crippen LogP) is 2.28. The van der Waals surface area contributed by atoms with E-state index < -0.39 is 21.9 Å². The van der Waals surface area contributed by atoms with E-state index in [2.05, 4.69) is 0 Å². The largest absolute Gasteiger partial charge is 0.493 e. The Labute approximate surface area is 180 Å². The van der Waals surface area contributed by atoms with Crippen LogP contribution in [-0.2, 0) is 9.84 Å². The van der Waals surface area contributed by atoms with Crippen molar-refractivity contribution in [3.8, 4) is 28.7 Å². The lowest BCUT2D eigenvalue weighted by Gasteiger charge is -2.39. The molecule has 1 fully saturated rings. The quantitative estimate of drug-likeness (QED) is 0.761. The van der Waals surface area contributed by atoms with Crippen LogP contribution < -0.4 is 23.7 Å². The van der Waals surface area contributed by atoms with Gasteiger partial charge in [0, 0.05) is 11.8 Å². The van der Waals surface area contributed by atoms with Crippen LogP contribution in [0.4, 0.5) is 0 Å². The first-order chi connectivity index (χ1) is 14.9. The summed E-state index contributed by atoms with van der Waals surface area (Å²) >= 11 is 0. The molecule has 0 aromatic heterocycles. The molecule has 9 heteroatoms. The summed E-state index contributed by atoms with van der Waals surface area (Å²) in [5, 5.41) is 11.1. The molecule has 0 saturated carbocycles. The average Bonchev–Trinajstić information content (AvgIpc) is 3.34. The Morgan fingerprint density at radius 2 is 1.45 bits per heavy atom. The molecule has 4 atom stereocenters. The molecule has 1 saturated heterocycles. The Kier molecular flexibility index (Phi) is 4.71. The van der Waals surface area contributed by atoms with Gasteiger partial charge in [-0.1, -0.05) is 0 Å². The lowest BCUT2D eigenvalue weighted by Crippen LogP contribution is -2.33. The van der Waals surface area contributed by atoms with E-state index in [1.54, 1.807) is 20.3 Å². The second-order valence-electron chi connectivity index (χ2n) is 8.12. The fourth-order valence-corrected chi connectivity index (χ4v) is 7.42. The summed E-state index contributed by atoms with van der Waals surface area (Å²) in [6, 6.07) is 7.32. The van der Waals surface area contributed by atoms with Crippen molar-refractivity contribution in [2.75, 3.05) is 39.6 Å². The second-order valence-corrected chi connectivity index (χ2v) is 10.3. The number of aliphatic hydroxyl groups is 1. The van der Waals surface area contributed by atoms with Crippen molar-refractivity contribution >= 4 is 9.84 Å². The van der Waals surface area contributed by atoms with Gasteiger partial charge in [0.1, 0.15) is 0 Å². The summed E-state index contributed by atoms with van der Waals surface area (Å²) in [6.07, 6.45) is -0.898. The van der Waals surface area contributed by atoms with Crippen molar-refractivity contribution in [2.45, 2.75) is 12.0 Å². The van der Waals surface area contributed by atoms with Gasteiger partial charge in [-0.2, -0.15) is 0 Å². The Morgan fingerprint density at radius 1 is 0.871 bits per heavy atom. The molecule has 0 amide bonds. The predicted molar refractivity (Wildman–Crippen MR) is 111 cm³/mol. The molecule has 0 bridgehead atoms. The van der Waals surface area contributed by atoms with Crippen LogP contribution >= 0.6 is 0 Å². The molecule has 31 heavy (non-hydrogen) atoms. The molecule has 0 radical (unpaired) electrons. The minimum Gasteiger partial charge on any atom is -0.493 e. The van der Waals surface area contributed by atoms with Gasteiger partial charge in [-0.25, -0.2) is 8.42 Å². The molecule has 2 heterocycles. The SMILES string of the molecule is COc1cc([C@@H]2c3cc4c(cc3[C@H](O)[C@H]3CS(=O)(=O)C[C@H]23)OCO4)cc(OC)c1OC. The monoisotopic (exact) mass is 448 g/mol. The molecule has 2 aromatic carbocycles. The van der Waals surface area contributed by atoms with Crippen LogP contribution in [0.15, 0.2) is 24.3 Å². The molecule has 0 unspecified atom stereocenters. The van der Waals surface area contributed by atoms with E-state index in [0.29, 0.717) is 34.3 Å². The van der Waals surface area contributed by atoms with Crippen LogP contribution in [0.25, 0.3) is 0 Å². The van der Waals surface area contributed by atoms with Crippen molar-refractivity contribution in [3.63, 3.8) is 0 Å². The van der Waals surface area contributed by atoms with Gasteiger partial charge in [-0.3, -0.25) is 0 Å². The fraction of sp³-hybridized carbons (Fsp3) is 0.455. The highest BCUT2D eigenvalue weighted by Crippen LogP contribution is 2.56. The molecule has 2 aliphatic heterocycles. The molecular formula is C22H24O8S. The number of methoxy groups -OCH3 is 3. The number of sulfone groups is 1. The highest BCUT2D eigenvalue weighted by atomic mass is 32.2. The van der Waals surface area contributed by atoms with Gasteiger partial charge >= 0.3 is 0 Å². The summed E-state index contributed by atoms with van der Waals surface area (Å²) < 4.78 is 52.8. The van der Waals surface area contributed by atoms with Crippen LogP contribution in [0.5, 0.6) is 28.7 Å². The smallest absolute Gasteiger partial charge is 0.231 e. The number of aliphatic hydroxyl groups excluding tert-OH is 1. The highest BCUT2D eigenvalue weighted by molar-refractivity contribution is 7.91. The first-order valence-electron chi connectivity index (χ1n) is 9.98. The summed E-state index contributed by atoms with van der Waals surface area (Å²) in [5.74, 6) is 1.53. The third kappa shape index (κ3) is 3.10. The number of hydrogen-bond donors (Lipinski definition) is 1. The zero-order valence-corrected chi connectivity index (χ0v) is 18.3. The van der Waals surface area contributed by atoms with Crippen LogP contribution in [0.2, 0.25) is 0 Å². The number of fused-ring (bicyclic) bond motifs is 3. The van der Waals surface area contributed by atoms with Crippen molar-refractivity contribution in [2.24, 2.45) is 11.8 Å². The van der Waals surface area contributed by atoms with Crippen molar-refractivity contribution in [1.82, 2.24) is 0 Å². The minimum atomic E-state index is -3.29. The summed E-state index contributed by atoms with van der Waals surface area (Å²) in [6.45, 7) is 0.115. The fourth-order valence-electron chi connectivity index (χ4n) is 5.24. The Balaban J connectivity index is 1.74. The van der Waals surface area contributed by atoms with E-state index in [1.807, 2.05) is 18.2 Å².